The molecule has 26 valence electrons. The van der Waals surface area contributed by atoms with Crippen molar-refractivity contribution >= 4 is 0 Å². The van der Waals surface area contributed by atoms with E-state index in [4.69, 9.17) is 5.21 Å². The minimum atomic E-state index is -1.25. The van der Waals surface area contributed by atoms with Gasteiger partial charge in [0.15, 0.2) is 0 Å². The summed E-state index contributed by atoms with van der Waals surface area (Å²) >= 11 is 0. The molecule has 0 saturated carbocycles. The fourth-order valence-corrected chi connectivity index (χ4v) is 0. The molecule has 0 heterocycles. The molecular weight excluding hydrogens is 63.0 g/mol. The Kier molecular flexibility index (Phi) is 1.11. The smallest absolute Gasteiger partial charge is 0.131 e. The molecule has 0 spiro atoms. The van der Waals surface area contributed by atoms with Crippen LogP contribution >= 0.6 is 0 Å². The lowest BCUT2D eigenvalue weighted by molar-refractivity contribution is 0.0913. The van der Waals surface area contributed by atoms with Crippen LogP contribution in [0.4, 0.5) is 4.48 Å². The van der Waals surface area contributed by atoms with E-state index < -0.39 is 5.39 Å². The number of hydrogen-bond acceptors (Lipinski definition) is 3. The number of hydrogen-bond donors (Lipinski definition) is 1. The van der Waals surface area contributed by atoms with Gasteiger partial charge in [0.05, 0.1) is 0 Å². The Hall–Kier alpha value is -0.190. The van der Waals surface area contributed by atoms with Crippen LogP contribution in [0, 0.1) is 5.21 Å². The highest BCUT2D eigenvalue weighted by atomic mass is 19.2. The molecule has 4 heavy (non-hydrogen) atoms. The summed E-state index contributed by atoms with van der Waals surface area (Å²) in [7, 11) is 0. The lowest BCUT2D eigenvalue weighted by Crippen LogP contribution is -2.10. The van der Waals surface area contributed by atoms with Crippen molar-refractivity contribution < 1.29 is 4.48 Å². The zero-order valence-electron chi connectivity index (χ0n) is 1.81. The maximum atomic E-state index is 10.1. The maximum Gasteiger partial charge on any atom is -0.131 e. The first kappa shape index (κ1) is 3.81. The fraction of sp³-hybridized carbons (Fsp3) is 0. The quantitative estimate of drug-likeness (QED) is 0.236. The van der Waals surface area contributed by atoms with Gasteiger partial charge in [0.2, 0.25) is 0 Å². The lowest BCUT2D eigenvalue weighted by Gasteiger charge is -2.02. The van der Waals surface area contributed by atoms with Gasteiger partial charge in [-0.2, -0.15) is 5.39 Å². The average Bonchev–Trinajstić information content (AvgIpc) is 0.811. The van der Waals surface area contributed by atoms with E-state index in [-0.39, 0.29) is 0 Å². The summed E-state index contributed by atoms with van der Waals surface area (Å²) in [6.07, 6.45) is 0. The van der Waals surface area contributed by atoms with Gasteiger partial charge < -0.3 is 5.21 Å². The summed E-state index contributed by atoms with van der Waals surface area (Å²) in [4.78, 5) is 0. The van der Waals surface area contributed by atoms with Gasteiger partial charge >= 0.3 is 0 Å². The number of hydrazine groups is 1. The summed E-state index contributed by atoms with van der Waals surface area (Å²) in [5.74, 6) is 3.72. The number of rotatable bonds is 0. The second kappa shape index (κ2) is 1.17. The van der Waals surface area contributed by atoms with Crippen molar-refractivity contribution in [2.75, 3.05) is 0 Å². The van der Waals surface area contributed by atoms with Crippen molar-refractivity contribution in [2.45, 2.75) is 0 Å². The third kappa shape index (κ3) is 32.9. The highest BCUT2D eigenvalue weighted by Gasteiger charge is 1.49. The number of nitrogens with two attached hydrogens (primary N) is 1. The van der Waals surface area contributed by atoms with Gasteiger partial charge in [-0.25, -0.2) is 0 Å². The first-order valence-electron chi connectivity index (χ1n) is 0.610. The first-order valence-corrected chi connectivity index (χ1v) is 0.610. The summed E-state index contributed by atoms with van der Waals surface area (Å²) in [5.41, 5.74) is 0. The van der Waals surface area contributed by atoms with Crippen molar-refractivity contribution in [3.8, 4) is 0 Å². The average molecular weight is 65.0 g/mol. The van der Waals surface area contributed by atoms with Crippen molar-refractivity contribution in [2.24, 2.45) is 5.84 Å². The summed E-state index contributed by atoms with van der Waals surface area (Å²) in [6, 6.07) is 0. The van der Waals surface area contributed by atoms with Crippen LogP contribution in [0.3, 0.4) is 0 Å². The van der Waals surface area contributed by atoms with Crippen molar-refractivity contribution in [1.29, 1.82) is 0 Å². The molecule has 0 rings (SSSR count). The molecule has 0 amide bonds. The predicted molar refractivity (Wildman–Crippen MR) is 10.5 cm³/mol. The van der Waals surface area contributed by atoms with Crippen LogP contribution < -0.4 is 5.84 Å². The van der Waals surface area contributed by atoms with Crippen LogP contribution in [-0.4, -0.2) is 5.39 Å². The summed E-state index contributed by atoms with van der Waals surface area (Å²) < 4.78 is 10.1. The molecule has 0 unspecified atom stereocenters. The summed E-state index contributed by atoms with van der Waals surface area (Å²) in [5, 5.41) is 7.22. The van der Waals surface area contributed by atoms with Gasteiger partial charge in [-0.3, -0.25) is 5.84 Å². The Morgan fingerprint density at radius 2 is 2.00 bits per heavy atom. The van der Waals surface area contributed by atoms with E-state index in [1.54, 1.807) is 0 Å². The lowest BCUT2D eigenvalue weighted by atomic mass is 12.7. The first-order chi connectivity index (χ1) is 1.73. The molecule has 3 nitrogen and oxygen atoms in total. The van der Waals surface area contributed by atoms with Crippen molar-refractivity contribution in [1.82, 2.24) is 5.39 Å². The molecule has 0 saturated heterocycles. The van der Waals surface area contributed by atoms with Crippen LogP contribution in [0.2, 0.25) is 0 Å². The minimum Gasteiger partial charge on any atom is -0.744 e. The molecule has 0 aliphatic heterocycles. The van der Waals surface area contributed by atoms with Crippen molar-refractivity contribution in [3.05, 3.63) is 5.21 Å². The largest absolute Gasteiger partial charge is 0.744 e. The minimum absolute atomic E-state index is 1.25. The molecule has 0 bridgehead atoms. The number of halogens is 1. The molecular formula is H2FN2O-. The van der Waals surface area contributed by atoms with E-state index >= 15 is 0 Å². The van der Waals surface area contributed by atoms with Gasteiger partial charge in [0.25, 0.3) is 0 Å². The van der Waals surface area contributed by atoms with E-state index in [2.05, 4.69) is 5.84 Å². The SMILES string of the molecule is NN([O-])F. The molecule has 0 aromatic heterocycles. The topological polar surface area (TPSA) is 52.3 Å². The third-order valence-corrected chi connectivity index (χ3v) is 0. The predicted octanol–water partition coefficient (Wildman–Crippen LogP) is -0.456. The zero-order chi connectivity index (χ0) is 3.58. The molecule has 0 aliphatic rings. The highest BCUT2D eigenvalue weighted by molar-refractivity contribution is 4.10. The molecule has 0 radical (unpaired) electrons. The van der Waals surface area contributed by atoms with Gasteiger partial charge in [-0.15, -0.1) is 4.48 Å². The van der Waals surface area contributed by atoms with E-state index in [1.807, 2.05) is 0 Å². The molecule has 0 aromatic carbocycles. The Morgan fingerprint density at radius 1 is 2.00 bits per heavy atom. The monoisotopic (exact) mass is 65.0 g/mol. The molecule has 0 aliphatic carbocycles. The number of nitrogens with zero attached hydrogens (tertiary/aromatic N) is 1. The van der Waals surface area contributed by atoms with E-state index in [0.717, 1.165) is 0 Å². The maximum absolute atomic E-state index is 10.1. The standard InChI is InChI=1S/FH2N2O/c1-3(2)4/h2H2/q-1. The highest BCUT2D eigenvalue weighted by Crippen LogP contribution is 1.58. The van der Waals surface area contributed by atoms with Gasteiger partial charge in [0.1, 0.15) is 0 Å². The summed E-state index contributed by atoms with van der Waals surface area (Å²) in [6.45, 7) is 0. The van der Waals surface area contributed by atoms with Crippen molar-refractivity contribution in [3.63, 3.8) is 0 Å². The second-order valence-electron chi connectivity index (χ2n) is 0.272. The van der Waals surface area contributed by atoms with E-state index in [9.17, 15) is 4.48 Å². The van der Waals surface area contributed by atoms with Crippen LogP contribution in [0.1, 0.15) is 0 Å². The van der Waals surface area contributed by atoms with Crippen LogP contribution in [-0.2, 0) is 0 Å². The van der Waals surface area contributed by atoms with Crippen LogP contribution in [0.25, 0.3) is 0 Å². The van der Waals surface area contributed by atoms with Crippen LogP contribution in [0.15, 0.2) is 0 Å². The van der Waals surface area contributed by atoms with Crippen LogP contribution in [0.5, 0.6) is 0 Å². The second-order valence-corrected chi connectivity index (χ2v) is 0.272. The normalized spacial score (nSPS) is 9.00. The van der Waals surface area contributed by atoms with Gasteiger partial charge in [-0.1, -0.05) is 0 Å². The molecule has 0 fully saturated rings. The molecule has 0 aromatic rings. The fourth-order valence-electron chi connectivity index (χ4n) is 0. The zero-order valence-corrected chi connectivity index (χ0v) is 1.81. The van der Waals surface area contributed by atoms with Gasteiger partial charge in [0, 0.05) is 0 Å². The Bertz CT molecular complexity index is 10.8. The van der Waals surface area contributed by atoms with E-state index in [1.165, 1.54) is 0 Å². The van der Waals surface area contributed by atoms with Gasteiger partial charge in [-0.05, 0) is 0 Å². The Labute approximate surface area is 22.3 Å². The van der Waals surface area contributed by atoms with E-state index in [0.29, 0.717) is 0 Å². The molecule has 4 heteroatoms. The molecule has 0 atom stereocenters. The Balaban J connectivity index is 2.32. The molecule has 2 N–H and O–H groups in total. The third-order valence-electron chi connectivity index (χ3n) is 0. The Morgan fingerprint density at radius 3 is 2.00 bits per heavy atom.